The number of anilines is 1. The van der Waals surface area contributed by atoms with Crippen LogP contribution in [0.2, 0.25) is 0 Å². The number of ether oxygens (including phenoxy) is 1. The fourth-order valence-corrected chi connectivity index (χ4v) is 6.52. The molecule has 1 N–H and O–H groups in total. The van der Waals surface area contributed by atoms with Crippen molar-refractivity contribution in [3.05, 3.63) is 132 Å². The van der Waals surface area contributed by atoms with Gasteiger partial charge >= 0.3 is 6.09 Å². The molecule has 3 amide bonds. The number of carbonyl (C=O) groups is 3. The van der Waals surface area contributed by atoms with Gasteiger partial charge in [-0.15, -0.1) is 0 Å². The number of amidine groups is 1. The van der Waals surface area contributed by atoms with E-state index in [2.05, 4.69) is 10.3 Å². The van der Waals surface area contributed by atoms with Crippen LogP contribution in [0, 0.1) is 5.82 Å². The second-order valence-electron chi connectivity index (χ2n) is 10.8. The summed E-state index contributed by atoms with van der Waals surface area (Å²) in [5, 5.41) is 2.83. The molecule has 0 saturated carbocycles. The van der Waals surface area contributed by atoms with E-state index in [-0.39, 0.29) is 18.4 Å². The number of nitrogens with one attached hydrogen (secondary N) is 1. The van der Waals surface area contributed by atoms with Crippen molar-refractivity contribution in [1.29, 1.82) is 0 Å². The molecule has 0 radical (unpaired) electrons. The van der Waals surface area contributed by atoms with Crippen molar-refractivity contribution >= 4 is 46.2 Å². The summed E-state index contributed by atoms with van der Waals surface area (Å²) in [5.74, 6) is -0.826. The summed E-state index contributed by atoms with van der Waals surface area (Å²) in [5.41, 5.74) is 3.55. The van der Waals surface area contributed by atoms with E-state index in [1.54, 1.807) is 41.3 Å². The smallest absolute Gasteiger partial charge is 0.410 e. The van der Waals surface area contributed by atoms with Gasteiger partial charge < -0.3 is 10.1 Å². The van der Waals surface area contributed by atoms with Crippen LogP contribution in [0.3, 0.4) is 0 Å². The Morgan fingerprint density at radius 1 is 0.911 bits per heavy atom. The van der Waals surface area contributed by atoms with E-state index < -0.39 is 23.2 Å². The van der Waals surface area contributed by atoms with E-state index in [4.69, 9.17) is 4.74 Å². The van der Waals surface area contributed by atoms with E-state index in [1.165, 1.54) is 28.8 Å². The third-order valence-corrected chi connectivity index (χ3v) is 8.87. The van der Waals surface area contributed by atoms with Crippen LogP contribution in [-0.4, -0.2) is 45.5 Å². The topological polar surface area (TPSA) is 91.3 Å². The van der Waals surface area contributed by atoms with Crippen molar-refractivity contribution in [2.45, 2.75) is 37.3 Å². The average Bonchev–Trinajstić information content (AvgIpc) is 3.67. The van der Waals surface area contributed by atoms with Gasteiger partial charge in [-0.2, -0.15) is 0 Å². The van der Waals surface area contributed by atoms with E-state index in [0.29, 0.717) is 42.5 Å². The molecule has 2 aliphatic heterocycles. The number of amides is 3. The summed E-state index contributed by atoms with van der Waals surface area (Å²) >= 11 is 1.31. The van der Waals surface area contributed by atoms with Gasteiger partial charge in [-0.05, 0) is 59.9 Å². The number of aliphatic imine (C=N–C) groups is 1. The van der Waals surface area contributed by atoms with Gasteiger partial charge in [0.05, 0.1) is 12.2 Å². The van der Waals surface area contributed by atoms with Crippen molar-refractivity contribution in [1.82, 2.24) is 9.80 Å². The highest BCUT2D eigenvalue weighted by atomic mass is 32.2. The summed E-state index contributed by atoms with van der Waals surface area (Å²) in [7, 11) is 0. The van der Waals surface area contributed by atoms with Crippen LogP contribution in [0.1, 0.15) is 34.8 Å². The van der Waals surface area contributed by atoms with Crippen LogP contribution < -0.4 is 5.32 Å². The second-order valence-corrected chi connectivity index (χ2v) is 11.9. The van der Waals surface area contributed by atoms with Crippen molar-refractivity contribution in [2.75, 3.05) is 11.9 Å². The lowest BCUT2D eigenvalue weighted by Crippen LogP contribution is -2.43. The summed E-state index contributed by atoms with van der Waals surface area (Å²) in [6.45, 7) is 0.920. The molecule has 2 atom stereocenters. The van der Waals surface area contributed by atoms with Gasteiger partial charge in [0, 0.05) is 12.2 Å². The summed E-state index contributed by atoms with van der Waals surface area (Å²) in [6, 6.07) is 31.5. The number of carbonyl (C=O) groups excluding carboxylic acids is 3. The largest absolute Gasteiger partial charge is 0.445 e. The Bertz CT molecular complexity index is 1700. The second kappa shape index (κ2) is 13.8. The molecule has 0 bridgehead atoms. The Hall–Kier alpha value is -4.96. The number of likely N-dealkylation sites (tertiary alicyclic amines) is 1. The minimum atomic E-state index is -0.631. The van der Waals surface area contributed by atoms with Gasteiger partial charge in [0.15, 0.2) is 5.17 Å². The predicted octanol–water partition coefficient (Wildman–Crippen LogP) is 7.07. The van der Waals surface area contributed by atoms with Crippen molar-refractivity contribution < 1.29 is 23.5 Å². The number of thioether (sulfide) groups is 1. The fourth-order valence-electron chi connectivity index (χ4n) is 5.35. The van der Waals surface area contributed by atoms with Crippen LogP contribution in [0.5, 0.6) is 0 Å². The van der Waals surface area contributed by atoms with Crippen LogP contribution in [0.25, 0.3) is 0 Å². The minimum Gasteiger partial charge on any atom is -0.445 e. The standard InChI is InChI=1S/C35H31FN4O4S/c36-27-13-7-14-29(21-27)38-34-40(22-24-9-3-1-4-10-24)33(42)31(45-34)26-16-18-28(19-17-26)37-32(41)30-15-8-20-39(30)35(43)44-23-25-11-5-2-6-12-25/h1-7,9-14,16-19,21,30-31H,8,15,20,22-23H2,(H,37,41)/t30-,31?/m1/s1. The molecule has 0 spiro atoms. The van der Waals surface area contributed by atoms with E-state index in [9.17, 15) is 18.8 Å². The zero-order chi connectivity index (χ0) is 31.2. The third kappa shape index (κ3) is 7.24. The Kier molecular flexibility index (Phi) is 9.21. The normalized spacial score (nSPS) is 18.8. The molecular formula is C35H31FN4O4S. The van der Waals surface area contributed by atoms with Gasteiger partial charge in [0.1, 0.15) is 23.7 Å². The Morgan fingerprint density at radius 3 is 2.33 bits per heavy atom. The Labute approximate surface area is 264 Å². The fraction of sp³-hybridized carbons (Fsp3) is 0.200. The lowest BCUT2D eigenvalue weighted by molar-refractivity contribution is -0.126. The molecule has 45 heavy (non-hydrogen) atoms. The molecule has 0 aliphatic carbocycles. The number of rotatable bonds is 8. The number of nitrogens with zero attached hydrogens (tertiary/aromatic N) is 3. The molecule has 6 rings (SSSR count). The quantitative estimate of drug-likeness (QED) is 0.227. The van der Waals surface area contributed by atoms with Gasteiger partial charge in [0.25, 0.3) is 0 Å². The molecule has 2 aliphatic rings. The molecular weight excluding hydrogens is 591 g/mol. The number of halogens is 1. The lowest BCUT2D eigenvalue weighted by atomic mass is 10.1. The SMILES string of the molecule is O=C(Nc1ccc(C2SC(=Nc3cccc(F)c3)N(Cc3ccccc3)C2=O)cc1)[C@H]1CCCN1C(=O)OCc1ccccc1. The first kappa shape index (κ1) is 30.1. The summed E-state index contributed by atoms with van der Waals surface area (Å²) in [6.07, 6.45) is 0.735. The Balaban J connectivity index is 1.13. The molecule has 0 aromatic heterocycles. The Morgan fingerprint density at radius 2 is 1.62 bits per heavy atom. The minimum absolute atomic E-state index is 0.133. The summed E-state index contributed by atoms with van der Waals surface area (Å²) in [4.78, 5) is 47.4. The average molecular weight is 623 g/mol. The van der Waals surface area contributed by atoms with Crippen molar-refractivity contribution in [3.8, 4) is 0 Å². The monoisotopic (exact) mass is 622 g/mol. The molecule has 2 fully saturated rings. The summed E-state index contributed by atoms with van der Waals surface area (Å²) < 4.78 is 19.3. The molecule has 4 aromatic rings. The van der Waals surface area contributed by atoms with E-state index in [0.717, 1.165) is 16.7 Å². The molecule has 1 unspecified atom stereocenters. The van der Waals surface area contributed by atoms with E-state index >= 15 is 0 Å². The van der Waals surface area contributed by atoms with Gasteiger partial charge in [-0.1, -0.05) is 90.6 Å². The lowest BCUT2D eigenvalue weighted by Gasteiger charge is -2.23. The third-order valence-electron chi connectivity index (χ3n) is 7.64. The maximum absolute atomic E-state index is 13.9. The highest BCUT2D eigenvalue weighted by Crippen LogP contribution is 2.41. The van der Waals surface area contributed by atoms with Crippen LogP contribution in [-0.2, 0) is 27.5 Å². The van der Waals surface area contributed by atoms with Crippen molar-refractivity contribution in [3.63, 3.8) is 0 Å². The van der Waals surface area contributed by atoms with E-state index in [1.807, 2.05) is 60.7 Å². The molecule has 8 nitrogen and oxygen atoms in total. The van der Waals surface area contributed by atoms with Crippen LogP contribution >= 0.6 is 11.8 Å². The van der Waals surface area contributed by atoms with Gasteiger partial charge in [-0.25, -0.2) is 14.2 Å². The number of hydrogen-bond acceptors (Lipinski definition) is 6. The molecule has 2 heterocycles. The zero-order valence-electron chi connectivity index (χ0n) is 24.3. The number of benzene rings is 4. The highest BCUT2D eigenvalue weighted by Gasteiger charge is 2.39. The maximum atomic E-state index is 13.9. The van der Waals surface area contributed by atoms with Crippen LogP contribution in [0.15, 0.2) is 114 Å². The molecule has 2 saturated heterocycles. The molecule has 4 aromatic carbocycles. The zero-order valence-corrected chi connectivity index (χ0v) is 25.2. The van der Waals surface area contributed by atoms with Crippen LogP contribution in [0.4, 0.5) is 20.6 Å². The number of hydrogen-bond donors (Lipinski definition) is 1. The first-order valence-corrected chi connectivity index (χ1v) is 15.6. The predicted molar refractivity (Wildman–Crippen MR) is 172 cm³/mol. The highest BCUT2D eigenvalue weighted by molar-refractivity contribution is 8.15. The van der Waals surface area contributed by atoms with Gasteiger partial charge in [0.2, 0.25) is 11.8 Å². The first-order valence-electron chi connectivity index (χ1n) is 14.7. The van der Waals surface area contributed by atoms with Crippen molar-refractivity contribution in [2.24, 2.45) is 4.99 Å². The van der Waals surface area contributed by atoms with Gasteiger partial charge in [-0.3, -0.25) is 19.4 Å². The molecule has 10 heteroatoms. The molecule has 228 valence electrons. The maximum Gasteiger partial charge on any atom is 0.410 e. The first-order chi connectivity index (χ1) is 21.9.